The van der Waals surface area contributed by atoms with Crippen LogP contribution in [0.15, 0.2) is 24.5 Å². The molecule has 0 aliphatic carbocycles. The predicted octanol–water partition coefficient (Wildman–Crippen LogP) is 2.65. The van der Waals surface area contributed by atoms with E-state index in [1.165, 1.54) is 6.33 Å². The SMILES string of the molecule is CC#Cc1ccc2ncnc(Cl)c2c1. The van der Waals surface area contributed by atoms with Crippen LogP contribution in [0.1, 0.15) is 12.5 Å². The summed E-state index contributed by atoms with van der Waals surface area (Å²) < 4.78 is 0. The molecular weight excluding hydrogens is 196 g/mol. The first-order chi connectivity index (χ1) is 6.81. The maximum absolute atomic E-state index is 5.93. The monoisotopic (exact) mass is 202 g/mol. The summed E-state index contributed by atoms with van der Waals surface area (Å²) >= 11 is 5.93. The van der Waals surface area contributed by atoms with Crippen molar-refractivity contribution in [3.63, 3.8) is 0 Å². The van der Waals surface area contributed by atoms with Crippen LogP contribution >= 0.6 is 11.6 Å². The molecule has 2 rings (SSSR count). The van der Waals surface area contributed by atoms with Crippen LogP contribution in [-0.2, 0) is 0 Å². The maximum atomic E-state index is 5.93. The van der Waals surface area contributed by atoms with Gasteiger partial charge in [0.05, 0.1) is 5.52 Å². The molecule has 0 fully saturated rings. The van der Waals surface area contributed by atoms with Crippen molar-refractivity contribution in [2.75, 3.05) is 0 Å². The summed E-state index contributed by atoms with van der Waals surface area (Å²) in [4.78, 5) is 8.01. The van der Waals surface area contributed by atoms with E-state index in [9.17, 15) is 0 Å². The number of benzene rings is 1. The molecule has 0 aliphatic rings. The fraction of sp³-hybridized carbons (Fsp3) is 0.0909. The maximum Gasteiger partial charge on any atom is 0.140 e. The van der Waals surface area contributed by atoms with Crippen molar-refractivity contribution in [3.05, 3.63) is 35.2 Å². The van der Waals surface area contributed by atoms with Gasteiger partial charge in [-0.3, -0.25) is 0 Å². The third-order valence-corrected chi connectivity index (χ3v) is 2.16. The highest BCUT2D eigenvalue weighted by Crippen LogP contribution is 2.19. The van der Waals surface area contributed by atoms with Gasteiger partial charge in [0, 0.05) is 10.9 Å². The fourth-order valence-corrected chi connectivity index (χ4v) is 1.44. The molecule has 0 aliphatic heterocycles. The predicted molar refractivity (Wildman–Crippen MR) is 57.1 cm³/mol. The third-order valence-electron chi connectivity index (χ3n) is 1.86. The minimum atomic E-state index is 0.467. The molecule has 1 aromatic carbocycles. The molecule has 2 nitrogen and oxygen atoms in total. The van der Waals surface area contributed by atoms with Crippen LogP contribution in [0.3, 0.4) is 0 Å². The molecule has 0 spiro atoms. The summed E-state index contributed by atoms with van der Waals surface area (Å²) in [6.07, 6.45) is 1.45. The van der Waals surface area contributed by atoms with E-state index in [0.717, 1.165) is 16.5 Å². The smallest absolute Gasteiger partial charge is 0.140 e. The van der Waals surface area contributed by atoms with Crippen molar-refractivity contribution in [1.82, 2.24) is 9.97 Å². The first-order valence-electron chi connectivity index (χ1n) is 4.14. The van der Waals surface area contributed by atoms with Crippen molar-refractivity contribution in [2.24, 2.45) is 0 Å². The lowest BCUT2D eigenvalue weighted by Crippen LogP contribution is -1.84. The van der Waals surface area contributed by atoms with Gasteiger partial charge >= 0.3 is 0 Å². The molecule has 68 valence electrons. The summed E-state index contributed by atoms with van der Waals surface area (Å²) in [5.74, 6) is 5.80. The highest BCUT2D eigenvalue weighted by atomic mass is 35.5. The van der Waals surface area contributed by atoms with Crippen molar-refractivity contribution < 1.29 is 0 Å². The lowest BCUT2D eigenvalue weighted by atomic mass is 10.1. The van der Waals surface area contributed by atoms with Gasteiger partial charge in [0.15, 0.2) is 0 Å². The first-order valence-corrected chi connectivity index (χ1v) is 4.52. The van der Waals surface area contributed by atoms with Crippen LogP contribution < -0.4 is 0 Å². The van der Waals surface area contributed by atoms with Crippen molar-refractivity contribution in [1.29, 1.82) is 0 Å². The Hall–Kier alpha value is -1.59. The van der Waals surface area contributed by atoms with E-state index in [4.69, 9.17) is 11.6 Å². The van der Waals surface area contributed by atoms with Crippen LogP contribution in [0.25, 0.3) is 10.9 Å². The lowest BCUT2D eigenvalue weighted by molar-refractivity contribution is 1.22. The van der Waals surface area contributed by atoms with Gasteiger partial charge in [0.25, 0.3) is 0 Å². The van der Waals surface area contributed by atoms with Gasteiger partial charge in [-0.1, -0.05) is 17.5 Å². The molecular formula is C11H7ClN2. The quantitative estimate of drug-likeness (QED) is 0.485. The van der Waals surface area contributed by atoms with Gasteiger partial charge in [-0.05, 0) is 25.1 Å². The summed E-state index contributed by atoms with van der Waals surface area (Å²) in [5.41, 5.74) is 1.77. The number of nitrogens with zero attached hydrogens (tertiary/aromatic N) is 2. The number of rotatable bonds is 0. The Bertz CT molecular complexity index is 538. The van der Waals surface area contributed by atoms with Crippen molar-refractivity contribution in [2.45, 2.75) is 6.92 Å². The molecule has 2 aromatic rings. The second-order valence-electron chi connectivity index (χ2n) is 2.77. The van der Waals surface area contributed by atoms with E-state index >= 15 is 0 Å². The van der Waals surface area contributed by atoms with Crippen molar-refractivity contribution in [3.8, 4) is 11.8 Å². The minimum absolute atomic E-state index is 0.467. The lowest BCUT2D eigenvalue weighted by Gasteiger charge is -1.98. The molecule has 1 aromatic heterocycles. The van der Waals surface area contributed by atoms with Gasteiger partial charge < -0.3 is 0 Å². The Labute approximate surface area is 86.9 Å². The van der Waals surface area contributed by atoms with Gasteiger partial charge in [0.1, 0.15) is 11.5 Å². The van der Waals surface area contributed by atoms with Crippen LogP contribution in [0, 0.1) is 11.8 Å². The zero-order chi connectivity index (χ0) is 9.97. The molecule has 0 atom stereocenters. The average Bonchev–Trinajstić information content (AvgIpc) is 2.20. The van der Waals surface area contributed by atoms with E-state index < -0.39 is 0 Å². The molecule has 0 amide bonds. The Kier molecular flexibility index (Phi) is 2.34. The molecule has 0 saturated heterocycles. The summed E-state index contributed by atoms with van der Waals surface area (Å²) in [6, 6.07) is 5.71. The molecule has 0 saturated carbocycles. The molecule has 1 heterocycles. The van der Waals surface area contributed by atoms with Crippen LogP contribution in [-0.4, -0.2) is 9.97 Å². The van der Waals surface area contributed by atoms with E-state index in [2.05, 4.69) is 21.8 Å². The number of halogens is 1. The molecule has 0 unspecified atom stereocenters. The molecule has 3 heteroatoms. The van der Waals surface area contributed by atoms with Crippen LogP contribution in [0.2, 0.25) is 5.15 Å². The number of fused-ring (bicyclic) bond motifs is 1. The van der Waals surface area contributed by atoms with Crippen LogP contribution in [0.5, 0.6) is 0 Å². The average molecular weight is 203 g/mol. The number of aromatic nitrogens is 2. The topological polar surface area (TPSA) is 25.8 Å². The summed E-state index contributed by atoms with van der Waals surface area (Å²) in [5, 5.41) is 1.31. The van der Waals surface area contributed by atoms with E-state index in [-0.39, 0.29) is 0 Å². The second-order valence-corrected chi connectivity index (χ2v) is 3.13. The Morgan fingerprint density at radius 3 is 2.93 bits per heavy atom. The van der Waals surface area contributed by atoms with E-state index in [1.807, 2.05) is 18.2 Å². The van der Waals surface area contributed by atoms with Gasteiger partial charge in [-0.25, -0.2) is 9.97 Å². The molecule has 0 radical (unpaired) electrons. The largest absolute Gasteiger partial charge is 0.236 e. The van der Waals surface area contributed by atoms with E-state index in [1.54, 1.807) is 6.92 Å². The first kappa shape index (κ1) is 8.98. The standard InChI is InChI=1S/C11H7ClN2/c1-2-3-8-4-5-10-9(6-8)11(12)14-7-13-10/h4-7H,1H3. The zero-order valence-electron chi connectivity index (χ0n) is 7.58. The normalized spacial score (nSPS) is 9.57. The van der Waals surface area contributed by atoms with Crippen LogP contribution in [0.4, 0.5) is 0 Å². The van der Waals surface area contributed by atoms with Gasteiger partial charge in [-0.2, -0.15) is 0 Å². The Morgan fingerprint density at radius 2 is 2.14 bits per heavy atom. The Balaban J connectivity index is 2.73. The zero-order valence-corrected chi connectivity index (χ0v) is 8.34. The Morgan fingerprint density at radius 1 is 1.29 bits per heavy atom. The molecule has 14 heavy (non-hydrogen) atoms. The van der Waals surface area contributed by atoms with Gasteiger partial charge in [-0.15, -0.1) is 5.92 Å². The fourth-order valence-electron chi connectivity index (χ4n) is 1.25. The third kappa shape index (κ3) is 1.55. The second kappa shape index (κ2) is 3.65. The summed E-state index contributed by atoms with van der Waals surface area (Å²) in [7, 11) is 0. The summed E-state index contributed by atoms with van der Waals surface area (Å²) in [6.45, 7) is 1.80. The van der Waals surface area contributed by atoms with E-state index in [0.29, 0.717) is 5.15 Å². The number of hydrogen-bond acceptors (Lipinski definition) is 2. The number of hydrogen-bond donors (Lipinski definition) is 0. The highest BCUT2D eigenvalue weighted by Gasteiger charge is 2.00. The molecule has 0 N–H and O–H groups in total. The minimum Gasteiger partial charge on any atom is -0.236 e. The highest BCUT2D eigenvalue weighted by molar-refractivity contribution is 6.34. The molecule has 0 bridgehead atoms. The van der Waals surface area contributed by atoms with Gasteiger partial charge in [0.2, 0.25) is 0 Å². The van der Waals surface area contributed by atoms with Crippen molar-refractivity contribution >= 4 is 22.5 Å².